The second-order valence-electron chi connectivity index (χ2n) is 4.19. The number of methoxy groups -OCH3 is 1. The molecule has 0 radical (unpaired) electrons. The number of nitrogens with one attached hydrogen (secondary N) is 2. The zero-order valence-electron chi connectivity index (χ0n) is 11.2. The number of hydrogen-bond donors (Lipinski definition) is 2. The highest BCUT2D eigenvalue weighted by Crippen LogP contribution is 2.26. The molecule has 0 spiro atoms. The van der Waals surface area contributed by atoms with E-state index in [-0.39, 0.29) is 6.42 Å². The fourth-order valence-corrected chi connectivity index (χ4v) is 1.87. The summed E-state index contributed by atoms with van der Waals surface area (Å²) in [5.74, 6) is -1.92. The van der Waals surface area contributed by atoms with Gasteiger partial charge in [-0.1, -0.05) is 11.6 Å². The summed E-state index contributed by atoms with van der Waals surface area (Å²) in [7, 11) is 1.43. The lowest BCUT2D eigenvalue weighted by Gasteiger charge is -2.08. The van der Waals surface area contributed by atoms with E-state index in [0.29, 0.717) is 16.3 Å². The molecule has 2 aromatic rings. The van der Waals surface area contributed by atoms with Crippen LogP contribution in [-0.2, 0) is 17.4 Å². The van der Waals surface area contributed by atoms with E-state index < -0.39 is 23.9 Å². The van der Waals surface area contributed by atoms with Crippen LogP contribution >= 0.6 is 11.6 Å². The number of carbonyl (C=O) groups excluding carboxylic acids is 1. The SMILES string of the molecule is COc1ccc(Cl)cc1CC(=O)Nc1n[nH]c(C(F)(F)F)n1. The number of amides is 1. The average molecular weight is 335 g/mol. The average Bonchev–Trinajstić information content (AvgIpc) is 2.87. The van der Waals surface area contributed by atoms with Crippen LogP contribution in [0.25, 0.3) is 0 Å². The number of benzene rings is 1. The van der Waals surface area contributed by atoms with Crippen LogP contribution in [0, 0.1) is 0 Å². The number of hydrogen-bond acceptors (Lipinski definition) is 4. The van der Waals surface area contributed by atoms with Gasteiger partial charge in [-0.2, -0.15) is 18.2 Å². The standard InChI is InChI=1S/C12H10ClF3N4O2/c1-22-8-3-2-7(13)4-6(8)5-9(21)17-11-18-10(19-20-11)12(14,15)16/h2-4H,5H2,1H3,(H2,17,18,19,20,21). The van der Waals surface area contributed by atoms with Crippen LogP contribution in [0.5, 0.6) is 5.75 Å². The summed E-state index contributed by atoms with van der Waals surface area (Å²) in [5, 5.41) is 7.55. The smallest absolute Gasteiger partial charge is 0.451 e. The number of aromatic nitrogens is 3. The van der Waals surface area contributed by atoms with Gasteiger partial charge in [-0.15, -0.1) is 5.10 Å². The molecule has 6 nitrogen and oxygen atoms in total. The van der Waals surface area contributed by atoms with Gasteiger partial charge in [-0.05, 0) is 18.2 Å². The molecule has 1 heterocycles. The maximum absolute atomic E-state index is 12.4. The number of H-pyrrole nitrogens is 1. The molecule has 0 aliphatic carbocycles. The molecule has 0 bridgehead atoms. The highest BCUT2D eigenvalue weighted by molar-refractivity contribution is 6.30. The van der Waals surface area contributed by atoms with E-state index >= 15 is 0 Å². The van der Waals surface area contributed by atoms with Crippen molar-refractivity contribution in [3.8, 4) is 5.75 Å². The first-order valence-electron chi connectivity index (χ1n) is 5.91. The van der Waals surface area contributed by atoms with Crippen LogP contribution in [0.1, 0.15) is 11.4 Å². The van der Waals surface area contributed by atoms with Crippen molar-refractivity contribution in [1.29, 1.82) is 0 Å². The minimum Gasteiger partial charge on any atom is -0.496 e. The summed E-state index contributed by atoms with van der Waals surface area (Å²) in [4.78, 5) is 15.0. The Labute approximate surface area is 127 Å². The van der Waals surface area contributed by atoms with Gasteiger partial charge in [-0.25, -0.2) is 0 Å². The molecule has 1 aromatic heterocycles. The molecule has 1 aromatic carbocycles. The normalized spacial score (nSPS) is 11.3. The fourth-order valence-electron chi connectivity index (χ4n) is 1.67. The maximum atomic E-state index is 12.4. The molecule has 1 amide bonds. The third-order valence-corrected chi connectivity index (χ3v) is 2.83. The van der Waals surface area contributed by atoms with Gasteiger partial charge in [0.1, 0.15) is 5.75 Å². The van der Waals surface area contributed by atoms with Crippen LogP contribution in [0.4, 0.5) is 19.1 Å². The fraction of sp³-hybridized carbons (Fsp3) is 0.250. The lowest BCUT2D eigenvalue weighted by Crippen LogP contribution is -2.16. The van der Waals surface area contributed by atoms with Crippen molar-refractivity contribution in [3.05, 3.63) is 34.6 Å². The summed E-state index contributed by atoms with van der Waals surface area (Å²) in [5.41, 5.74) is 0.485. The molecule has 2 rings (SSSR count). The number of halogens is 4. The first kappa shape index (κ1) is 16.1. The number of aromatic amines is 1. The van der Waals surface area contributed by atoms with Gasteiger partial charge in [0.15, 0.2) is 0 Å². The van der Waals surface area contributed by atoms with Gasteiger partial charge >= 0.3 is 6.18 Å². The number of carbonyl (C=O) groups is 1. The van der Waals surface area contributed by atoms with E-state index in [2.05, 4.69) is 15.4 Å². The highest BCUT2D eigenvalue weighted by atomic mass is 35.5. The van der Waals surface area contributed by atoms with Crippen molar-refractivity contribution in [2.24, 2.45) is 0 Å². The van der Waals surface area contributed by atoms with E-state index in [1.54, 1.807) is 17.2 Å². The predicted molar refractivity (Wildman–Crippen MR) is 71.7 cm³/mol. The monoisotopic (exact) mass is 334 g/mol. The Morgan fingerprint density at radius 1 is 1.45 bits per heavy atom. The number of ether oxygens (including phenoxy) is 1. The van der Waals surface area contributed by atoms with Crippen LogP contribution in [0.2, 0.25) is 5.02 Å². The van der Waals surface area contributed by atoms with Gasteiger partial charge in [0.25, 0.3) is 0 Å². The molecule has 0 aliphatic heterocycles. The second kappa shape index (κ2) is 6.22. The Morgan fingerprint density at radius 3 is 2.77 bits per heavy atom. The van der Waals surface area contributed by atoms with Crippen LogP contribution < -0.4 is 10.1 Å². The molecule has 0 atom stereocenters. The third-order valence-electron chi connectivity index (χ3n) is 2.60. The highest BCUT2D eigenvalue weighted by Gasteiger charge is 2.35. The molecule has 0 unspecified atom stereocenters. The quantitative estimate of drug-likeness (QED) is 0.901. The Hall–Kier alpha value is -2.29. The zero-order valence-corrected chi connectivity index (χ0v) is 11.9. The molecule has 0 saturated heterocycles. The molecular formula is C12H10ClF3N4O2. The van der Waals surface area contributed by atoms with Gasteiger partial charge in [0.05, 0.1) is 13.5 Å². The Balaban J connectivity index is 2.07. The van der Waals surface area contributed by atoms with E-state index in [4.69, 9.17) is 16.3 Å². The molecular weight excluding hydrogens is 325 g/mol. The molecule has 0 aliphatic rings. The summed E-state index contributed by atoms with van der Waals surface area (Å²) in [6, 6.07) is 4.70. The number of rotatable bonds is 4. The third kappa shape index (κ3) is 3.88. The van der Waals surface area contributed by atoms with E-state index in [9.17, 15) is 18.0 Å². The van der Waals surface area contributed by atoms with Crippen molar-refractivity contribution < 1.29 is 22.7 Å². The first-order chi connectivity index (χ1) is 10.3. The molecule has 2 N–H and O–H groups in total. The van der Waals surface area contributed by atoms with Crippen LogP contribution in [0.15, 0.2) is 18.2 Å². The summed E-state index contributed by atoms with van der Waals surface area (Å²) in [6.45, 7) is 0. The minimum atomic E-state index is -4.66. The van der Waals surface area contributed by atoms with Gasteiger partial charge < -0.3 is 4.74 Å². The molecule has 22 heavy (non-hydrogen) atoms. The first-order valence-corrected chi connectivity index (χ1v) is 6.29. The van der Waals surface area contributed by atoms with Gasteiger partial charge in [0, 0.05) is 10.6 Å². The number of alkyl halides is 3. The van der Waals surface area contributed by atoms with Crippen LogP contribution in [0.3, 0.4) is 0 Å². The van der Waals surface area contributed by atoms with Crippen molar-refractivity contribution in [2.45, 2.75) is 12.6 Å². The largest absolute Gasteiger partial charge is 0.496 e. The van der Waals surface area contributed by atoms with Gasteiger partial charge in [-0.3, -0.25) is 15.2 Å². The Bertz CT molecular complexity index is 687. The van der Waals surface area contributed by atoms with Crippen molar-refractivity contribution in [2.75, 3.05) is 12.4 Å². The Kier molecular flexibility index (Phi) is 4.55. The van der Waals surface area contributed by atoms with E-state index in [0.717, 1.165) is 0 Å². The molecule has 0 fully saturated rings. The summed E-state index contributed by atoms with van der Waals surface area (Å²) in [6.07, 6.45) is -4.81. The lowest BCUT2D eigenvalue weighted by molar-refractivity contribution is -0.144. The molecule has 118 valence electrons. The molecule has 10 heteroatoms. The lowest BCUT2D eigenvalue weighted by atomic mass is 10.1. The zero-order chi connectivity index (χ0) is 16.3. The maximum Gasteiger partial charge on any atom is 0.451 e. The van der Waals surface area contributed by atoms with Crippen molar-refractivity contribution in [1.82, 2.24) is 15.2 Å². The van der Waals surface area contributed by atoms with Crippen molar-refractivity contribution >= 4 is 23.5 Å². The van der Waals surface area contributed by atoms with E-state index in [1.807, 2.05) is 0 Å². The number of anilines is 1. The second-order valence-corrected chi connectivity index (χ2v) is 4.62. The predicted octanol–water partition coefficient (Wildman–Crippen LogP) is 2.67. The topological polar surface area (TPSA) is 79.9 Å². The van der Waals surface area contributed by atoms with Crippen molar-refractivity contribution in [3.63, 3.8) is 0 Å². The number of nitrogens with zero attached hydrogens (tertiary/aromatic N) is 2. The summed E-state index contributed by atoms with van der Waals surface area (Å²) >= 11 is 5.83. The van der Waals surface area contributed by atoms with Crippen LogP contribution in [-0.4, -0.2) is 28.2 Å². The minimum absolute atomic E-state index is 0.153. The van der Waals surface area contributed by atoms with Gasteiger partial charge in [0.2, 0.25) is 17.7 Å². The summed E-state index contributed by atoms with van der Waals surface area (Å²) < 4.78 is 42.1. The van der Waals surface area contributed by atoms with E-state index in [1.165, 1.54) is 13.2 Å². The Morgan fingerprint density at radius 2 is 2.18 bits per heavy atom. The molecule has 0 saturated carbocycles.